The summed E-state index contributed by atoms with van der Waals surface area (Å²) in [5.41, 5.74) is 4.69. The average molecular weight is 443 g/mol. The molecule has 4 aliphatic carbocycles. The molecule has 4 bridgehead atoms. The van der Waals surface area contributed by atoms with Crippen molar-refractivity contribution in [2.24, 2.45) is 22.9 Å². The fourth-order valence-corrected chi connectivity index (χ4v) is 6.38. The van der Waals surface area contributed by atoms with Crippen LogP contribution < -0.4 is 5.43 Å². The highest BCUT2D eigenvalue weighted by Crippen LogP contribution is 2.60. The summed E-state index contributed by atoms with van der Waals surface area (Å²) in [4.78, 5) is 12.4. The Labute approximate surface area is 171 Å². The number of carbonyl (C=O) groups is 1. The predicted molar refractivity (Wildman–Crippen MR) is 109 cm³/mol. The highest BCUT2D eigenvalue weighted by atomic mass is 79.9. The van der Waals surface area contributed by atoms with Gasteiger partial charge in [-0.05, 0) is 80.5 Å². The lowest BCUT2D eigenvalue weighted by atomic mass is 9.49. The number of aromatic nitrogens is 2. The lowest BCUT2D eigenvalue weighted by molar-refractivity contribution is -0.00721. The number of nitrogens with one attached hydrogen (secondary N) is 2. The summed E-state index contributed by atoms with van der Waals surface area (Å²) in [6, 6.07) is 6.94. The van der Waals surface area contributed by atoms with Crippen molar-refractivity contribution >= 4 is 28.1 Å². The molecule has 146 valence electrons. The molecule has 4 saturated carbocycles. The molecule has 1 amide bonds. The molecule has 0 unspecified atom stereocenters. The first kappa shape index (κ1) is 17.9. The van der Waals surface area contributed by atoms with Crippen LogP contribution in [0.25, 0.3) is 0 Å². The van der Waals surface area contributed by atoms with E-state index in [0.29, 0.717) is 11.3 Å². The largest absolute Gasteiger partial charge is 0.507 e. The number of phenolic OH excluding ortho intramolecular Hbond substituents is 1. The lowest BCUT2D eigenvalue weighted by Gasteiger charge is -2.56. The number of H-pyrrole nitrogens is 1. The van der Waals surface area contributed by atoms with E-state index in [1.807, 2.05) is 6.07 Å². The maximum absolute atomic E-state index is 12.4. The van der Waals surface area contributed by atoms with E-state index in [1.54, 1.807) is 18.2 Å². The Morgan fingerprint density at radius 1 is 1.21 bits per heavy atom. The third-order valence-corrected chi connectivity index (χ3v) is 7.27. The van der Waals surface area contributed by atoms with Crippen molar-refractivity contribution in [2.45, 2.75) is 43.9 Å². The quantitative estimate of drug-likeness (QED) is 0.491. The molecule has 4 fully saturated rings. The number of hydrogen-bond donors (Lipinski definition) is 3. The third-order valence-electron chi connectivity index (χ3n) is 6.78. The Bertz CT molecular complexity index is 916. The van der Waals surface area contributed by atoms with E-state index in [2.05, 4.69) is 36.7 Å². The second-order valence-electron chi connectivity index (χ2n) is 8.77. The molecule has 0 atom stereocenters. The van der Waals surface area contributed by atoms with Crippen LogP contribution in [0.15, 0.2) is 33.8 Å². The molecule has 0 saturated heterocycles. The maximum Gasteiger partial charge on any atom is 0.291 e. The van der Waals surface area contributed by atoms with Gasteiger partial charge in [0.1, 0.15) is 5.75 Å². The summed E-state index contributed by atoms with van der Waals surface area (Å²) in [5, 5.41) is 21.2. The molecule has 1 aromatic carbocycles. The number of aromatic amines is 1. The normalized spacial score (nSPS) is 30.8. The summed E-state index contributed by atoms with van der Waals surface area (Å²) in [6.07, 6.45) is 9.26. The van der Waals surface area contributed by atoms with Crippen LogP contribution in [0, 0.1) is 17.8 Å². The molecule has 0 aliphatic heterocycles. The number of hydrazone groups is 1. The van der Waals surface area contributed by atoms with E-state index in [-0.39, 0.29) is 17.1 Å². The van der Waals surface area contributed by atoms with Gasteiger partial charge in [0.15, 0.2) is 5.69 Å². The van der Waals surface area contributed by atoms with E-state index < -0.39 is 0 Å². The number of nitrogens with zero attached hydrogens (tertiary/aromatic N) is 2. The molecule has 7 heteroatoms. The van der Waals surface area contributed by atoms with Gasteiger partial charge in [0.25, 0.3) is 5.91 Å². The highest BCUT2D eigenvalue weighted by Gasteiger charge is 2.52. The predicted octanol–water partition coefficient (Wildman–Crippen LogP) is 4.11. The number of phenols is 1. The number of carbonyl (C=O) groups excluding carboxylic acids is 1. The Kier molecular flexibility index (Phi) is 4.30. The molecule has 1 heterocycles. The Hall–Kier alpha value is -2.15. The molecule has 1 aromatic heterocycles. The topological polar surface area (TPSA) is 90.4 Å². The second kappa shape index (κ2) is 6.72. The van der Waals surface area contributed by atoms with Gasteiger partial charge in [-0.15, -0.1) is 0 Å². The number of halogens is 1. The van der Waals surface area contributed by atoms with Crippen molar-refractivity contribution in [1.29, 1.82) is 0 Å². The first-order chi connectivity index (χ1) is 13.5. The average Bonchev–Trinajstić information content (AvgIpc) is 3.14. The molecule has 0 spiro atoms. The molecule has 6 nitrogen and oxygen atoms in total. The van der Waals surface area contributed by atoms with Crippen molar-refractivity contribution < 1.29 is 9.90 Å². The number of rotatable bonds is 4. The number of benzene rings is 1. The zero-order valence-electron chi connectivity index (χ0n) is 15.5. The van der Waals surface area contributed by atoms with Crippen molar-refractivity contribution in [3.63, 3.8) is 0 Å². The van der Waals surface area contributed by atoms with Crippen LogP contribution in [0.1, 0.15) is 60.3 Å². The summed E-state index contributed by atoms with van der Waals surface area (Å²) in [6.45, 7) is 0. The van der Waals surface area contributed by atoms with E-state index in [4.69, 9.17) is 0 Å². The molecule has 28 heavy (non-hydrogen) atoms. The summed E-state index contributed by atoms with van der Waals surface area (Å²) >= 11 is 3.35. The van der Waals surface area contributed by atoms with Crippen LogP contribution in [0.5, 0.6) is 5.75 Å². The molecule has 4 aliphatic rings. The van der Waals surface area contributed by atoms with Gasteiger partial charge in [0.05, 0.1) is 6.21 Å². The van der Waals surface area contributed by atoms with E-state index in [9.17, 15) is 9.90 Å². The second-order valence-corrected chi connectivity index (χ2v) is 9.68. The molecular weight excluding hydrogens is 420 g/mol. The van der Waals surface area contributed by atoms with Crippen LogP contribution in [0.2, 0.25) is 0 Å². The highest BCUT2D eigenvalue weighted by molar-refractivity contribution is 9.10. The number of amides is 1. The zero-order chi connectivity index (χ0) is 19.3. The molecule has 6 rings (SSSR count). The first-order valence-corrected chi connectivity index (χ1v) is 10.7. The minimum absolute atomic E-state index is 0.102. The van der Waals surface area contributed by atoms with Crippen LogP contribution in [-0.4, -0.2) is 27.4 Å². The Morgan fingerprint density at radius 3 is 2.57 bits per heavy atom. The number of aromatic hydroxyl groups is 1. The molecule has 2 aromatic rings. The zero-order valence-corrected chi connectivity index (χ0v) is 17.1. The SMILES string of the molecule is O=C(NN=Cc1cc(Br)ccc1O)c1cc(C23CC4CC(CC(C4)C2)C3)[nH]n1. The van der Waals surface area contributed by atoms with Gasteiger partial charge >= 0.3 is 0 Å². The van der Waals surface area contributed by atoms with E-state index >= 15 is 0 Å². The van der Waals surface area contributed by atoms with Gasteiger partial charge in [-0.2, -0.15) is 10.2 Å². The molecule has 3 N–H and O–H groups in total. The van der Waals surface area contributed by atoms with Gasteiger partial charge in [-0.25, -0.2) is 5.43 Å². The van der Waals surface area contributed by atoms with E-state index in [1.165, 1.54) is 44.7 Å². The third kappa shape index (κ3) is 3.15. The summed E-state index contributed by atoms with van der Waals surface area (Å²) < 4.78 is 0.825. The Morgan fingerprint density at radius 2 is 1.89 bits per heavy atom. The van der Waals surface area contributed by atoms with Gasteiger partial charge in [-0.1, -0.05) is 15.9 Å². The van der Waals surface area contributed by atoms with Crippen LogP contribution in [-0.2, 0) is 5.41 Å². The fraction of sp³-hybridized carbons (Fsp3) is 0.476. The van der Waals surface area contributed by atoms with Gasteiger partial charge in [-0.3, -0.25) is 9.89 Å². The van der Waals surface area contributed by atoms with Crippen molar-refractivity contribution in [3.8, 4) is 5.75 Å². The fourth-order valence-electron chi connectivity index (χ4n) is 6.00. The van der Waals surface area contributed by atoms with Gasteiger partial charge < -0.3 is 5.11 Å². The van der Waals surface area contributed by atoms with E-state index in [0.717, 1.165) is 27.9 Å². The van der Waals surface area contributed by atoms with Crippen LogP contribution in [0.4, 0.5) is 0 Å². The standard InChI is InChI=1S/C21H23BrN4O2/c22-16-1-2-18(27)15(6-16)11-23-26-20(28)17-7-19(25-24-17)21-8-12-3-13(9-21)5-14(4-12)10-21/h1-2,6-7,11-14,27H,3-5,8-10H2,(H,24,25)(H,26,28). The summed E-state index contributed by atoms with van der Waals surface area (Å²) in [5.74, 6) is 2.28. The smallest absolute Gasteiger partial charge is 0.291 e. The number of hydrogen-bond acceptors (Lipinski definition) is 4. The Balaban J connectivity index is 1.29. The minimum Gasteiger partial charge on any atom is -0.507 e. The van der Waals surface area contributed by atoms with Crippen LogP contribution in [0.3, 0.4) is 0 Å². The van der Waals surface area contributed by atoms with Gasteiger partial charge in [0.2, 0.25) is 0 Å². The molecule has 0 radical (unpaired) electrons. The minimum atomic E-state index is -0.349. The van der Waals surface area contributed by atoms with Crippen molar-refractivity contribution in [3.05, 3.63) is 45.7 Å². The lowest BCUT2D eigenvalue weighted by Crippen LogP contribution is -2.48. The molecular formula is C21H23BrN4O2. The van der Waals surface area contributed by atoms with Crippen LogP contribution >= 0.6 is 15.9 Å². The van der Waals surface area contributed by atoms with Crippen molar-refractivity contribution in [1.82, 2.24) is 15.6 Å². The van der Waals surface area contributed by atoms with Gasteiger partial charge in [0, 0.05) is 21.1 Å². The summed E-state index contributed by atoms with van der Waals surface area (Å²) in [7, 11) is 0. The first-order valence-electron chi connectivity index (χ1n) is 9.88. The van der Waals surface area contributed by atoms with Crippen molar-refractivity contribution in [2.75, 3.05) is 0 Å². The monoisotopic (exact) mass is 442 g/mol. The maximum atomic E-state index is 12.4.